The lowest BCUT2D eigenvalue weighted by atomic mass is 10.1. The molecule has 3 rings (SSSR count). The van der Waals surface area contributed by atoms with Crippen LogP contribution in [0.25, 0.3) is 0 Å². The fourth-order valence-corrected chi connectivity index (χ4v) is 2.92. The van der Waals surface area contributed by atoms with E-state index < -0.39 is 0 Å². The molecule has 0 bridgehead atoms. The van der Waals surface area contributed by atoms with Crippen LogP contribution in [0, 0.1) is 6.92 Å². The summed E-state index contributed by atoms with van der Waals surface area (Å²) < 4.78 is 5.50. The van der Waals surface area contributed by atoms with Crippen LogP contribution in [0.3, 0.4) is 0 Å². The number of aromatic amines is 1. The van der Waals surface area contributed by atoms with Crippen LogP contribution in [-0.2, 0) is 16.0 Å². The van der Waals surface area contributed by atoms with E-state index in [0.717, 1.165) is 5.56 Å². The van der Waals surface area contributed by atoms with Crippen molar-refractivity contribution in [1.82, 2.24) is 14.9 Å². The smallest absolute Gasteiger partial charge is 0.251 e. The van der Waals surface area contributed by atoms with Crippen molar-refractivity contribution in [3.63, 3.8) is 0 Å². The van der Waals surface area contributed by atoms with Gasteiger partial charge in [0, 0.05) is 17.6 Å². The number of morpholine rings is 1. The molecular weight excluding hydrogens is 330 g/mol. The number of aromatic nitrogens is 2. The third kappa shape index (κ3) is 3.83. The maximum Gasteiger partial charge on any atom is 0.251 e. The van der Waals surface area contributed by atoms with Gasteiger partial charge < -0.3 is 14.6 Å². The van der Waals surface area contributed by atoms with Gasteiger partial charge in [-0.2, -0.15) is 0 Å². The van der Waals surface area contributed by atoms with Crippen molar-refractivity contribution < 1.29 is 9.53 Å². The Hall–Kier alpha value is -2.18. The lowest BCUT2D eigenvalue weighted by Crippen LogP contribution is -2.44. The number of nitrogens with zero attached hydrogens (tertiary/aromatic N) is 2. The Labute approximate surface area is 144 Å². The fraction of sp³-hybridized carbons (Fsp3) is 0.353. The van der Waals surface area contributed by atoms with Gasteiger partial charge in [0.2, 0.25) is 5.91 Å². The van der Waals surface area contributed by atoms with Gasteiger partial charge in [-0.25, -0.2) is 4.98 Å². The van der Waals surface area contributed by atoms with E-state index in [0.29, 0.717) is 36.3 Å². The highest BCUT2D eigenvalue weighted by Crippen LogP contribution is 2.23. The van der Waals surface area contributed by atoms with Gasteiger partial charge in [0.05, 0.1) is 31.4 Å². The number of benzene rings is 1. The second-order valence-electron chi connectivity index (χ2n) is 5.74. The van der Waals surface area contributed by atoms with Crippen molar-refractivity contribution in [3.05, 3.63) is 62.8 Å². The molecule has 2 aromatic rings. The normalized spacial score (nSPS) is 17.8. The highest BCUT2D eigenvalue weighted by Gasteiger charge is 2.30. The van der Waals surface area contributed by atoms with Gasteiger partial charge in [-0.05, 0) is 24.6 Å². The van der Waals surface area contributed by atoms with Crippen LogP contribution in [-0.4, -0.2) is 40.5 Å². The summed E-state index contributed by atoms with van der Waals surface area (Å²) in [7, 11) is 0. The zero-order chi connectivity index (χ0) is 17.1. The van der Waals surface area contributed by atoms with Gasteiger partial charge in [-0.1, -0.05) is 23.7 Å². The molecule has 0 aliphatic carbocycles. The second-order valence-corrected chi connectivity index (χ2v) is 6.17. The highest BCUT2D eigenvalue weighted by molar-refractivity contribution is 6.30. The molecule has 1 N–H and O–H groups in total. The van der Waals surface area contributed by atoms with Gasteiger partial charge in [0.15, 0.2) is 0 Å². The number of halogens is 1. The van der Waals surface area contributed by atoms with E-state index in [4.69, 9.17) is 16.3 Å². The monoisotopic (exact) mass is 347 g/mol. The first-order valence-electron chi connectivity index (χ1n) is 7.72. The molecular formula is C17H18ClN3O3. The Kier molecular flexibility index (Phi) is 4.97. The quantitative estimate of drug-likeness (QED) is 0.919. The lowest BCUT2D eigenvalue weighted by molar-refractivity contribution is -0.139. The number of hydrogen-bond acceptors (Lipinski definition) is 4. The molecule has 1 amide bonds. The maximum atomic E-state index is 12.7. The summed E-state index contributed by atoms with van der Waals surface area (Å²) in [4.78, 5) is 33.1. The SMILES string of the molecule is Cc1nc([C@@H]2COCCN2C(=O)Cc2ccc(Cl)cc2)cc(=O)[nH]1. The van der Waals surface area contributed by atoms with E-state index in [1.54, 1.807) is 24.0 Å². The molecule has 1 aromatic carbocycles. The Morgan fingerprint density at radius 3 is 2.88 bits per heavy atom. The van der Waals surface area contributed by atoms with Crippen molar-refractivity contribution in [2.75, 3.05) is 19.8 Å². The van der Waals surface area contributed by atoms with Crippen LogP contribution in [0.15, 0.2) is 35.1 Å². The van der Waals surface area contributed by atoms with Crippen LogP contribution in [0.5, 0.6) is 0 Å². The predicted molar refractivity (Wildman–Crippen MR) is 90.0 cm³/mol. The molecule has 0 spiro atoms. The summed E-state index contributed by atoms with van der Waals surface area (Å²) in [6, 6.07) is 8.29. The molecule has 24 heavy (non-hydrogen) atoms. The van der Waals surface area contributed by atoms with E-state index in [1.165, 1.54) is 6.07 Å². The van der Waals surface area contributed by atoms with E-state index in [-0.39, 0.29) is 23.9 Å². The molecule has 1 aromatic heterocycles. The zero-order valence-corrected chi connectivity index (χ0v) is 14.0. The second kappa shape index (κ2) is 7.15. The summed E-state index contributed by atoms with van der Waals surface area (Å²) in [5, 5.41) is 0.638. The van der Waals surface area contributed by atoms with Crippen molar-refractivity contribution in [3.8, 4) is 0 Å². The van der Waals surface area contributed by atoms with Gasteiger partial charge in [-0.3, -0.25) is 9.59 Å². The maximum absolute atomic E-state index is 12.7. The Morgan fingerprint density at radius 1 is 1.42 bits per heavy atom. The fourth-order valence-electron chi connectivity index (χ4n) is 2.80. The van der Waals surface area contributed by atoms with Crippen molar-refractivity contribution in [2.45, 2.75) is 19.4 Å². The van der Waals surface area contributed by atoms with Crippen molar-refractivity contribution in [2.24, 2.45) is 0 Å². The number of ether oxygens (including phenoxy) is 1. The summed E-state index contributed by atoms with van der Waals surface area (Å²) in [5.41, 5.74) is 1.22. The average molecular weight is 348 g/mol. The Bertz CT molecular complexity index is 788. The molecule has 1 saturated heterocycles. The van der Waals surface area contributed by atoms with E-state index in [1.807, 2.05) is 12.1 Å². The number of aryl methyl sites for hydroxylation is 1. The molecule has 1 aliphatic heterocycles. The molecule has 1 atom stereocenters. The van der Waals surface area contributed by atoms with Crippen LogP contribution in [0.2, 0.25) is 5.02 Å². The van der Waals surface area contributed by atoms with Crippen molar-refractivity contribution in [1.29, 1.82) is 0 Å². The topological polar surface area (TPSA) is 75.3 Å². The number of carbonyl (C=O) groups excluding carboxylic acids is 1. The first-order valence-corrected chi connectivity index (χ1v) is 8.10. The molecule has 6 nitrogen and oxygen atoms in total. The number of H-pyrrole nitrogens is 1. The largest absolute Gasteiger partial charge is 0.377 e. The zero-order valence-electron chi connectivity index (χ0n) is 13.3. The highest BCUT2D eigenvalue weighted by atomic mass is 35.5. The number of carbonyl (C=O) groups is 1. The van der Waals surface area contributed by atoms with Gasteiger partial charge >= 0.3 is 0 Å². The number of nitrogens with one attached hydrogen (secondary N) is 1. The van der Waals surface area contributed by atoms with E-state index >= 15 is 0 Å². The molecule has 2 heterocycles. The van der Waals surface area contributed by atoms with E-state index in [9.17, 15) is 9.59 Å². The molecule has 1 fully saturated rings. The molecule has 7 heteroatoms. The average Bonchev–Trinajstić information content (AvgIpc) is 2.56. The standard InChI is InChI=1S/C17H18ClN3O3/c1-11-19-14(9-16(22)20-11)15-10-24-7-6-21(15)17(23)8-12-2-4-13(18)5-3-12/h2-5,9,15H,6-8,10H2,1H3,(H,19,20,22)/t15-/m0/s1. The number of amides is 1. The third-order valence-corrected chi connectivity index (χ3v) is 4.19. The summed E-state index contributed by atoms with van der Waals surface area (Å²) >= 11 is 5.88. The Balaban J connectivity index is 1.82. The van der Waals surface area contributed by atoms with Crippen molar-refractivity contribution >= 4 is 17.5 Å². The summed E-state index contributed by atoms with van der Waals surface area (Å²) in [6.45, 7) is 3.01. The number of hydrogen-bond donors (Lipinski definition) is 1. The molecule has 1 aliphatic rings. The molecule has 0 radical (unpaired) electrons. The predicted octanol–water partition coefficient (Wildman–Crippen LogP) is 1.87. The third-order valence-electron chi connectivity index (χ3n) is 3.94. The van der Waals surface area contributed by atoms with Gasteiger partial charge in [-0.15, -0.1) is 0 Å². The minimum atomic E-state index is -0.348. The molecule has 0 saturated carbocycles. The first-order chi connectivity index (χ1) is 11.5. The summed E-state index contributed by atoms with van der Waals surface area (Å²) in [6.07, 6.45) is 0.274. The van der Waals surface area contributed by atoms with E-state index in [2.05, 4.69) is 9.97 Å². The lowest BCUT2D eigenvalue weighted by Gasteiger charge is -2.35. The van der Waals surface area contributed by atoms with Crippen LogP contribution >= 0.6 is 11.6 Å². The molecule has 126 valence electrons. The van der Waals surface area contributed by atoms with Crippen LogP contribution in [0.1, 0.15) is 23.1 Å². The van der Waals surface area contributed by atoms with Gasteiger partial charge in [0.25, 0.3) is 5.56 Å². The van der Waals surface area contributed by atoms with Gasteiger partial charge in [0.1, 0.15) is 5.82 Å². The van der Waals surface area contributed by atoms with Crippen LogP contribution in [0.4, 0.5) is 0 Å². The number of rotatable bonds is 3. The van der Waals surface area contributed by atoms with Crippen LogP contribution < -0.4 is 5.56 Å². The minimum absolute atomic E-state index is 0.0228. The Morgan fingerprint density at radius 2 is 2.17 bits per heavy atom. The molecule has 0 unspecified atom stereocenters. The first kappa shape index (κ1) is 16.7. The summed E-state index contributed by atoms with van der Waals surface area (Å²) in [5.74, 6) is 0.499. The minimum Gasteiger partial charge on any atom is -0.377 e.